The second-order valence-electron chi connectivity index (χ2n) is 6.26. The van der Waals surface area contributed by atoms with Gasteiger partial charge in [-0.25, -0.2) is 15.0 Å². The first-order valence-corrected chi connectivity index (χ1v) is 8.67. The number of nitrogens with zero attached hydrogens (tertiary/aromatic N) is 4. The molecule has 0 unspecified atom stereocenters. The molecule has 0 radical (unpaired) electrons. The van der Waals surface area contributed by atoms with E-state index < -0.39 is 0 Å². The fraction of sp³-hybridized carbons (Fsp3) is 0.250. The third-order valence-corrected chi connectivity index (χ3v) is 4.52. The zero-order chi connectivity index (χ0) is 16.9. The minimum Gasteiger partial charge on any atom is -0.309 e. The number of hydrogen-bond donors (Lipinski definition) is 1. The highest BCUT2D eigenvalue weighted by Crippen LogP contribution is 2.32. The van der Waals surface area contributed by atoms with E-state index in [4.69, 9.17) is 4.98 Å². The fourth-order valence-corrected chi connectivity index (χ4v) is 3.34. The van der Waals surface area contributed by atoms with E-state index in [1.807, 2.05) is 30.5 Å². The van der Waals surface area contributed by atoms with Crippen LogP contribution >= 0.6 is 0 Å². The molecule has 4 rings (SSSR count). The lowest BCUT2D eigenvalue weighted by molar-refractivity contribution is 0.244. The molecule has 1 aliphatic heterocycles. The number of rotatable bonds is 5. The Balaban J connectivity index is 1.51. The van der Waals surface area contributed by atoms with Crippen molar-refractivity contribution in [2.75, 3.05) is 11.9 Å². The molecule has 0 spiro atoms. The number of likely N-dealkylation sites (tertiary alicyclic amines) is 1. The van der Waals surface area contributed by atoms with Crippen LogP contribution < -0.4 is 5.32 Å². The van der Waals surface area contributed by atoms with Gasteiger partial charge in [-0.05, 0) is 43.1 Å². The standard InChI is InChI=1S/C20H21N5/c1-2-7-16(8-3-1)15-25-14-6-9-18(25)17-11-13-22-20(23-17)24-19-10-4-5-12-21-19/h1-5,7-8,10-13,18H,6,9,14-15H2,(H,21,22,23,24)/t18-/m1/s1. The molecule has 0 saturated carbocycles. The SMILES string of the molecule is c1ccc(CN2CCC[C@@H]2c2ccnc(Nc3ccccn3)n2)cc1. The van der Waals surface area contributed by atoms with Gasteiger partial charge < -0.3 is 5.32 Å². The van der Waals surface area contributed by atoms with E-state index in [1.165, 1.54) is 12.0 Å². The Bertz CT molecular complexity index is 807. The van der Waals surface area contributed by atoms with Crippen LogP contribution in [0.3, 0.4) is 0 Å². The molecule has 0 amide bonds. The Hall–Kier alpha value is -2.79. The van der Waals surface area contributed by atoms with Crippen molar-refractivity contribution in [3.63, 3.8) is 0 Å². The van der Waals surface area contributed by atoms with Gasteiger partial charge in [-0.1, -0.05) is 36.4 Å². The topological polar surface area (TPSA) is 53.9 Å². The molecule has 25 heavy (non-hydrogen) atoms. The summed E-state index contributed by atoms with van der Waals surface area (Å²) >= 11 is 0. The molecule has 2 aromatic heterocycles. The molecule has 3 aromatic rings. The second-order valence-corrected chi connectivity index (χ2v) is 6.26. The Labute approximate surface area is 147 Å². The van der Waals surface area contributed by atoms with Crippen LogP contribution in [0.25, 0.3) is 0 Å². The lowest BCUT2D eigenvalue weighted by Crippen LogP contribution is -2.23. The van der Waals surface area contributed by atoms with Crippen LogP contribution in [0.15, 0.2) is 67.0 Å². The van der Waals surface area contributed by atoms with Gasteiger partial charge in [0.15, 0.2) is 0 Å². The lowest BCUT2D eigenvalue weighted by Gasteiger charge is -2.24. The zero-order valence-electron chi connectivity index (χ0n) is 14.0. The number of nitrogens with one attached hydrogen (secondary N) is 1. The fourth-order valence-electron chi connectivity index (χ4n) is 3.34. The number of pyridine rings is 1. The van der Waals surface area contributed by atoms with Gasteiger partial charge in [0.2, 0.25) is 5.95 Å². The molecule has 0 bridgehead atoms. The minimum atomic E-state index is 0.340. The second kappa shape index (κ2) is 7.40. The van der Waals surface area contributed by atoms with Crippen molar-refractivity contribution in [3.8, 4) is 0 Å². The molecular weight excluding hydrogens is 310 g/mol. The van der Waals surface area contributed by atoms with Crippen LogP contribution in [0.2, 0.25) is 0 Å². The summed E-state index contributed by atoms with van der Waals surface area (Å²) in [7, 11) is 0. The van der Waals surface area contributed by atoms with E-state index in [1.54, 1.807) is 6.20 Å². The highest BCUT2D eigenvalue weighted by atomic mass is 15.2. The molecule has 1 aliphatic rings. The van der Waals surface area contributed by atoms with Crippen molar-refractivity contribution in [2.24, 2.45) is 0 Å². The molecule has 1 N–H and O–H groups in total. The average molecular weight is 331 g/mol. The van der Waals surface area contributed by atoms with E-state index in [0.717, 1.165) is 31.0 Å². The third-order valence-electron chi connectivity index (χ3n) is 4.52. The summed E-state index contributed by atoms with van der Waals surface area (Å²) in [6, 6.07) is 18.7. The van der Waals surface area contributed by atoms with Crippen LogP contribution in [-0.4, -0.2) is 26.4 Å². The average Bonchev–Trinajstić information content (AvgIpc) is 3.12. The maximum absolute atomic E-state index is 4.74. The predicted octanol–water partition coefficient (Wildman–Crippen LogP) is 3.95. The zero-order valence-corrected chi connectivity index (χ0v) is 14.0. The maximum atomic E-state index is 4.74. The monoisotopic (exact) mass is 331 g/mol. The van der Waals surface area contributed by atoms with Gasteiger partial charge in [0, 0.05) is 18.9 Å². The van der Waals surface area contributed by atoms with Crippen LogP contribution in [-0.2, 0) is 6.54 Å². The molecule has 126 valence electrons. The highest BCUT2D eigenvalue weighted by molar-refractivity contribution is 5.46. The highest BCUT2D eigenvalue weighted by Gasteiger charge is 2.27. The summed E-state index contributed by atoms with van der Waals surface area (Å²) in [6.45, 7) is 2.06. The van der Waals surface area contributed by atoms with E-state index in [9.17, 15) is 0 Å². The first-order valence-electron chi connectivity index (χ1n) is 8.67. The normalized spacial score (nSPS) is 17.5. The molecular formula is C20H21N5. The molecule has 1 aromatic carbocycles. The molecule has 1 fully saturated rings. The summed E-state index contributed by atoms with van der Waals surface area (Å²) in [5.41, 5.74) is 2.41. The van der Waals surface area contributed by atoms with Gasteiger partial charge in [-0.2, -0.15) is 0 Å². The maximum Gasteiger partial charge on any atom is 0.228 e. The molecule has 0 aliphatic carbocycles. The summed E-state index contributed by atoms with van der Waals surface area (Å²) in [4.78, 5) is 15.8. The molecule has 5 nitrogen and oxygen atoms in total. The number of benzene rings is 1. The van der Waals surface area contributed by atoms with Crippen molar-refractivity contribution in [2.45, 2.75) is 25.4 Å². The van der Waals surface area contributed by atoms with E-state index in [-0.39, 0.29) is 0 Å². The smallest absolute Gasteiger partial charge is 0.228 e. The van der Waals surface area contributed by atoms with Crippen LogP contribution in [0.4, 0.5) is 11.8 Å². The number of hydrogen-bond acceptors (Lipinski definition) is 5. The summed E-state index contributed by atoms with van der Waals surface area (Å²) in [5.74, 6) is 1.36. The van der Waals surface area contributed by atoms with Gasteiger partial charge in [0.05, 0.1) is 11.7 Å². The number of anilines is 2. The Morgan fingerprint density at radius 1 is 0.960 bits per heavy atom. The van der Waals surface area contributed by atoms with E-state index in [2.05, 4.69) is 50.5 Å². The van der Waals surface area contributed by atoms with Crippen molar-refractivity contribution < 1.29 is 0 Å². The van der Waals surface area contributed by atoms with E-state index in [0.29, 0.717) is 12.0 Å². The predicted molar refractivity (Wildman–Crippen MR) is 98.4 cm³/mol. The van der Waals surface area contributed by atoms with Crippen LogP contribution in [0, 0.1) is 0 Å². The number of aromatic nitrogens is 3. The van der Waals surface area contributed by atoms with Crippen LogP contribution in [0.1, 0.15) is 30.1 Å². The van der Waals surface area contributed by atoms with Crippen LogP contribution in [0.5, 0.6) is 0 Å². The van der Waals surface area contributed by atoms with Gasteiger partial charge in [0.25, 0.3) is 0 Å². The Morgan fingerprint density at radius 2 is 1.84 bits per heavy atom. The lowest BCUT2D eigenvalue weighted by atomic mass is 10.1. The van der Waals surface area contributed by atoms with Gasteiger partial charge in [-0.15, -0.1) is 0 Å². The van der Waals surface area contributed by atoms with Crippen molar-refractivity contribution in [3.05, 3.63) is 78.2 Å². The Kier molecular flexibility index (Phi) is 4.65. The first-order chi connectivity index (χ1) is 12.4. The van der Waals surface area contributed by atoms with Crippen molar-refractivity contribution in [1.29, 1.82) is 0 Å². The summed E-state index contributed by atoms with van der Waals surface area (Å²) in [5, 5.41) is 3.18. The molecule has 5 heteroatoms. The summed E-state index contributed by atoms with van der Waals surface area (Å²) < 4.78 is 0. The van der Waals surface area contributed by atoms with Gasteiger partial charge in [-0.3, -0.25) is 4.90 Å². The quantitative estimate of drug-likeness (QED) is 0.767. The molecule has 3 heterocycles. The first kappa shape index (κ1) is 15.7. The Morgan fingerprint density at radius 3 is 2.68 bits per heavy atom. The van der Waals surface area contributed by atoms with E-state index >= 15 is 0 Å². The van der Waals surface area contributed by atoms with Crippen molar-refractivity contribution >= 4 is 11.8 Å². The van der Waals surface area contributed by atoms with Gasteiger partial charge >= 0.3 is 0 Å². The molecule has 1 atom stereocenters. The van der Waals surface area contributed by atoms with Crippen molar-refractivity contribution in [1.82, 2.24) is 19.9 Å². The summed E-state index contributed by atoms with van der Waals surface area (Å²) in [6.07, 6.45) is 5.91. The van der Waals surface area contributed by atoms with Gasteiger partial charge in [0.1, 0.15) is 5.82 Å². The largest absolute Gasteiger partial charge is 0.309 e. The minimum absolute atomic E-state index is 0.340. The third kappa shape index (κ3) is 3.83. The molecule has 1 saturated heterocycles.